The van der Waals surface area contributed by atoms with E-state index in [0.29, 0.717) is 54.0 Å². The summed E-state index contributed by atoms with van der Waals surface area (Å²) in [4.78, 5) is 17.4. The fourth-order valence-electron chi connectivity index (χ4n) is 3.16. The Morgan fingerprint density at radius 2 is 2.10 bits per heavy atom. The minimum Gasteiger partial charge on any atom is -0.378 e. The molecule has 1 aliphatic heterocycles. The largest absolute Gasteiger partial charge is 0.378 e. The molecule has 31 heavy (non-hydrogen) atoms. The number of rotatable bonds is 7. The van der Waals surface area contributed by atoms with Crippen LogP contribution < -0.4 is 4.90 Å². The second-order valence-electron chi connectivity index (χ2n) is 6.94. The molecule has 0 N–H and O–H groups in total. The number of anilines is 1. The van der Waals surface area contributed by atoms with Crippen LogP contribution in [0.3, 0.4) is 0 Å². The standard InChI is InChI=1S/C20H21ClFN5O2S2/c1-25(12-16-5-6-17(21)31-16)18(28)13-30-20-24-23-19(26-7-9-29-10-8-26)27(20)15-4-2-3-14(22)11-15/h2-6,11H,7-10,12-13H2,1H3. The molecule has 0 spiro atoms. The zero-order chi connectivity index (χ0) is 21.8. The van der Waals surface area contributed by atoms with Crippen molar-refractivity contribution in [1.29, 1.82) is 0 Å². The molecule has 4 rings (SSSR count). The number of carbonyl (C=O) groups excluding carboxylic acids is 1. The van der Waals surface area contributed by atoms with Gasteiger partial charge in [-0.1, -0.05) is 29.4 Å². The summed E-state index contributed by atoms with van der Waals surface area (Å²) in [7, 11) is 1.76. The number of amides is 1. The van der Waals surface area contributed by atoms with E-state index in [1.54, 1.807) is 28.6 Å². The van der Waals surface area contributed by atoms with Crippen molar-refractivity contribution in [1.82, 2.24) is 19.7 Å². The molecule has 0 radical (unpaired) electrons. The first-order chi connectivity index (χ1) is 15.0. The van der Waals surface area contributed by atoms with Gasteiger partial charge in [-0.15, -0.1) is 21.5 Å². The third-order valence-electron chi connectivity index (χ3n) is 4.75. The minimum atomic E-state index is -0.347. The smallest absolute Gasteiger partial charge is 0.233 e. The van der Waals surface area contributed by atoms with Gasteiger partial charge in [0, 0.05) is 25.0 Å². The Kier molecular flexibility index (Phi) is 7.11. The molecule has 3 heterocycles. The number of hydrogen-bond donors (Lipinski definition) is 0. The van der Waals surface area contributed by atoms with E-state index in [1.165, 1.54) is 35.2 Å². The molecular formula is C20H21ClFN5O2S2. The number of morpholine rings is 1. The molecule has 1 saturated heterocycles. The Labute approximate surface area is 192 Å². The molecule has 2 aromatic heterocycles. The quantitative estimate of drug-likeness (QED) is 0.479. The predicted molar refractivity (Wildman–Crippen MR) is 121 cm³/mol. The van der Waals surface area contributed by atoms with Gasteiger partial charge in [-0.25, -0.2) is 4.39 Å². The average Bonchev–Trinajstić information content (AvgIpc) is 3.38. The molecule has 1 aliphatic rings. The third kappa shape index (κ3) is 5.38. The van der Waals surface area contributed by atoms with Crippen LogP contribution in [0, 0.1) is 5.82 Å². The number of carbonyl (C=O) groups is 1. The number of benzene rings is 1. The van der Waals surface area contributed by atoms with Gasteiger partial charge in [0.25, 0.3) is 0 Å². The molecule has 1 aromatic carbocycles. The van der Waals surface area contributed by atoms with Gasteiger partial charge in [-0.2, -0.15) is 0 Å². The number of nitrogens with zero attached hydrogens (tertiary/aromatic N) is 5. The monoisotopic (exact) mass is 481 g/mol. The molecule has 164 valence electrons. The first kappa shape index (κ1) is 22.1. The van der Waals surface area contributed by atoms with Crippen molar-refractivity contribution in [2.24, 2.45) is 0 Å². The summed E-state index contributed by atoms with van der Waals surface area (Å²) < 4.78 is 21.9. The zero-order valence-electron chi connectivity index (χ0n) is 16.8. The maximum Gasteiger partial charge on any atom is 0.233 e. The fourth-order valence-corrected chi connectivity index (χ4v) is 5.19. The molecule has 1 amide bonds. The summed E-state index contributed by atoms with van der Waals surface area (Å²) in [5.41, 5.74) is 0.614. The molecular weight excluding hydrogens is 461 g/mol. The lowest BCUT2D eigenvalue weighted by Crippen LogP contribution is -2.37. The molecule has 3 aromatic rings. The van der Waals surface area contributed by atoms with E-state index in [1.807, 2.05) is 12.1 Å². The summed E-state index contributed by atoms with van der Waals surface area (Å²) in [6, 6.07) is 10.0. The minimum absolute atomic E-state index is 0.0452. The average molecular weight is 482 g/mol. The Morgan fingerprint density at radius 3 is 2.81 bits per heavy atom. The van der Waals surface area contributed by atoms with Gasteiger partial charge in [-0.3, -0.25) is 9.36 Å². The van der Waals surface area contributed by atoms with Gasteiger partial charge < -0.3 is 14.5 Å². The van der Waals surface area contributed by atoms with Crippen LogP contribution in [0.1, 0.15) is 4.88 Å². The second kappa shape index (κ2) is 9.99. The van der Waals surface area contributed by atoms with Crippen LogP contribution in [0.25, 0.3) is 5.69 Å². The van der Waals surface area contributed by atoms with Crippen LogP contribution in [0.2, 0.25) is 4.34 Å². The summed E-state index contributed by atoms with van der Waals surface area (Å²) in [6.07, 6.45) is 0. The van der Waals surface area contributed by atoms with Crippen LogP contribution in [-0.4, -0.2) is 64.7 Å². The van der Waals surface area contributed by atoms with Gasteiger partial charge in [0.1, 0.15) is 5.82 Å². The van der Waals surface area contributed by atoms with E-state index in [9.17, 15) is 9.18 Å². The SMILES string of the molecule is CN(Cc1ccc(Cl)s1)C(=O)CSc1nnc(N2CCOCC2)n1-c1cccc(F)c1. The highest BCUT2D eigenvalue weighted by Crippen LogP contribution is 2.28. The van der Waals surface area contributed by atoms with Crippen LogP contribution in [-0.2, 0) is 16.1 Å². The normalized spacial score (nSPS) is 14.1. The Morgan fingerprint density at radius 1 is 1.29 bits per heavy atom. The van der Waals surface area contributed by atoms with Crippen LogP contribution in [0.5, 0.6) is 0 Å². The number of thiophene rings is 1. The van der Waals surface area contributed by atoms with Crippen molar-refractivity contribution in [3.8, 4) is 5.69 Å². The van der Waals surface area contributed by atoms with Gasteiger partial charge in [0.2, 0.25) is 11.9 Å². The fraction of sp³-hybridized carbons (Fsp3) is 0.350. The number of ether oxygens (including phenoxy) is 1. The molecule has 0 atom stereocenters. The Bertz CT molecular complexity index is 1050. The predicted octanol–water partition coefficient (Wildman–Crippen LogP) is 3.71. The van der Waals surface area contributed by atoms with Crippen molar-refractivity contribution < 1.29 is 13.9 Å². The third-order valence-corrected chi connectivity index (χ3v) is 6.88. The van der Waals surface area contributed by atoms with E-state index in [4.69, 9.17) is 16.3 Å². The maximum absolute atomic E-state index is 13.9. The second-order valence-corrected chi connectivity index (χ2v) is 9.68. The van der Waals surface area contributed by atoms with E-state index in [-0.39, 0.29) is 17.5 Å². The highest BCUT2D eigenvalue weighted by atomic mass is 35.5. The molecule has 1 fully saturated rings. The van der Waals surface area contributed by atoms with Crippen molar-refractivity contribution in [3.05, 3.63) is 51.4 Å². The summed E-state index contributed by atoms with van der Waals surface area (Å²) in [5, 5.41) is 9.18. The van der Waals surface area contributed by atoms with E-state index >= 15 is 0 Å². The number of hydrogen-bond acceptors (Lipinski definition) is 7. The Balaban J connectivity index is 1.52. The lowest BCUT2D eigenvalue weighted by Gasteiger charge is -2.28. The van der Waals surface area contributed by atoms with Crippen molar-refractivity contribution in [2.45, 2.75) is 11.7 Å². The van der Waals surface area contributed by atoms with E-state index in [2.05, 4.69) is 15.1 Å². The number of aromatic nitrogens is 3. The van der Waals surface area contributed by atoms with Gasteiger partial charge in [0.15, 0.2) is 5.16 Å². The van der Waals surface area contributed by atoms with Crippen molar-refractivity contribution in [2.75, 3.05) is 44.0 Å². The van der Waals surface area contributed by atoms with Crippen LogP contribution in [0.15, 0.2) is 41.6 Å². The number of halogens is 2. The van der Waals surface area contributed by atoms with E-state index in [0.717, 1.165) is 4.88 Å². The first-order valence-electron chi connectivity index (χ1n) is 9.66. The van der Waals surface area contributed by atoms with E-state index < -0.39 is 0 Å². The Hall–Kier alpha value is -2.14. The molecule has 0 bridgehead atoms. The van der Waals surface area contributed by atoms with Gasteiger partial charge in [-0.05, 0) is 30.3 Å². The summed E-state index contributed by atoms with van der Waals surface area (Å²) in [5.74, 6) is 0.411. The van der Waals surface area contributed by atoms with Crippen LogP contribution in [0.4, 0.5) is 10.3 Å². The van der Waals surface area contributed by atoms with Crippen molar-refractivity contribution in [3.63, 3.8) is 0 Å². The number of thioether (sulfide) groups is 1. The molecule has 0 saturated carbocycles. The van der Waals surface area contributed by atoms with Crippen LogP contribution >= 0.6 is 34.7 Å². The molecule has 0 unspecified atom stereocenters. The van der Waals surface area contributed by atoms with Crippen molar-refractivity contribution >= 4 is 46.6 Å². The highest BCUT2D eigenvalue weighted by Gasteiger charge is 2.23. The van der Waals surface area contributed by atoms with Gasteiger partial charge in [0.05, 0.1) is 35.5 Å². The maximum atomic E-state index is 13.9. The molecule has 7 nitrogen and oxygen atoms in total. The first-order valence-corrected chi connectivity index (χ1v) is 11.8. The topological polar surface area (TPSA) is 63.5 Å². The van der Waals surface area contributed by atoms with Gasteiger partial charge >= 0.3 is 0 Å². The lowest BCUT2D eigenvalue weighted by atomic mass is 10.3. The summed E-state index contributed by atoms with van der Waals surface area (Å²) in [6.45, 7) is 3.02. The zero-order valence-corrected chi connectivity index (χ0v) is 19.2. The summed E-state index contributed by atoms with van der Waals surface area (Å²) >= 11 is 8.71. The molecule has 0 aliphatic carbocycles. The highest BCUT2D eigenvalue weighted by molar-refractivity contribution is 7.99. The molecule has 11 heteroatoms. The lowest BCUT2D eigenvalue weighted by molar-refractivity contribution is -0.127.